The van der Waals surface area contributed by atoms with Crippen molar-refractivity contribution < 1.29 is 13.9 Å². The van der Waals surface area contributed by atoms with E-state index in [1.54, 1.807) is 0 Å². The molecule has 0 bridgehead atoms. The number of nitrogen functional groups attached to an aromatic ring is 1. The minimum atomic E-state index is -1.11. The summed E-state index contributed by atoms with van der Waals surface area (Å²) in [6, 6.07) is 1.80. The van der Waals surface area contributed by atoms with Crippen LogP contribution in [-0.4, -0.2) is 5.11 Å². The third-order valence-electron chi connectivity index (χ3n) is 1.11. The van der Waals surface area contributed by atoms with Crippen molar-refractivity contribution in [2.45, 2.75) is 0 Å². The largest absolute Gasteiger partial charge is 0.505 e. The molecule has 0 radical (unpaired) electrons. The smallest absolute Gasteiger partial charge is 0.190 e. The van der Waals surface area contributed by atoms with Gasteiger partial charge in [0.25, 0.3) is 0 Å². The van der Waals surface area contributed by atoms with E-state index < -0.39 is 23.1 Å². The summed E-state index contributed by atoms with van der Waals surface area (Å²) < 4.78 is 24.7. The van der Waals surface area contributed by atoms with Crippen LogP contribution in [0.15, 0.2) is 12.1 Å². The van der Waals surface area contributed by atoms with E-state index in [1.807, 2.05) is 0 Å². The number of hydrogen-bond acceptors (Lipinski definition) is 2. The Morgan fingerprint density at radius 3 is 2.40 bits per heavy atom. The van der Waals surface area contributed by atoms with E-state index in [1.165, 1.54) is 0 Å². The highest BCUT2D eigenvalue weighted by molar-refractivity contribution is 5.46. The molecular formula is C6H5F2NO. The predicted molar refractivity (Wildman–Crippen MR) is 32.4 cm³/mol. The fourth-order valence-corrected chi connectivity index (χ4v) is 0.558. The summed E-state index contributed by atoms with van der Waals surface area (Å²) >= 11 is 0. The normalized spacial score (nSPS) is 9.80. The van der Waals surface area contributed by atoms with Gasteiger partial charge in [-0.2, -0.15) is 0 Å². The van der Waals surface area contributed by atoms with Crippen molar-refractivity contribution in [2.24, 2.45) is 0 Å². The lowest BCUT2D eigenvalue weighted by Crippen LogP contribution is -1.94. The van der Waals surface area contributed by atoms with Gasteiger partial charge >= 0.3 is 0 Å². The van der Waals surface area contributed by atoms with Gasteiger partial charge in [0.2, 0.25) is 0 Å². The van der Waals surface area contributed by atoms with Gasteiger partial charge in [0, 0.05) is 0 Å². The number of hydrogen-bond donors (Lipinski definition) is 2. The first-order chi connectivity index (χ1) is 4.63. The molecule has 4 heteroatoms. The summed E-state index contributed by atoms with van der Waals surface area (Å²) in [5.41, 5.74) is 4.22. The first-order valence-electron chi connectivity index (χ1n) is 2.55. The molecule has 0 heterocycles. The van der Waals surface area contributed by atoms with E-state index in [0.717, 1.165) is 12.1 Å². The van der Waals surface area contributed by atoms with Crippen LogP contribution in [0.3, 0.4) is 0 Å². The molecule has 0 aliphatic carbocycles. The van der Waals surface area contributed by atoms with E-state index in [2.05, 4.69) is 0 Å². The van der Waals surface area contributed by atoms with E-state index in [9.17, 15) is 8.78 Å². The minimum Gasteiger partial charge on any atom is -0.505 e. The van der Waals surface area contributed by atoms with Gasteiger partial charge in [-0.15, -0.1) is 0 Å². The van der Waals surface area contributed by atoms with Crippen LogP contribution in [0.1, 0.15) is 0 Å². The maximum Gasteiger partial charge on any atom is 0.190 e. The molecule has 10 heavy (non-hydrogen) atoms. The minimum absolute atomic E-state index is 0.640. The lowest BCUT2D eigenvalue weighted by molar-refractivity contribution is 0.430. The highest BCUT2D eigenvalue weighted by atomic mass is 19.1. The number of aromatic hydroxyl groups is 1. The van der Waals surface area contributed by atoms with Crippen LogP contribution in [-0.2, 0) is 0 Å². The Labute approximate surface area is 55.9 Å². The maximum atomic E-state index is 12.4. The third-order valence-corrected chi connectivity index (χ3v) is 1.11. The average molecular weight is 145 g/mol. The fourth-order valence-electron chi connectivity index (χ4n) is 0.558. The summed E-state index contributed by atoms with van der Waals surface area (Å²) in [5.74, 6) is -2.62. The van der Waals surface area contributed by atoms with E-state index >= 15 is 0 Å². The van der Waals surface area contributed by atoms with Gasteiger partial charge in [-0.25, -0.2) is 8.78 Å². The molecule has 0 saturated carbocycles. The van der Waals surface area contributed by atoms with Crippen molar-refractivity contribution in [3.8, 4) is 5.75 Å². The second-order valence-electron chi connectivity index (χ2n) is 1.79. The number of nitrogens with two attached hydrogens (primary N) is 1. The molecule has 0 aliphatic rings. The Bertz CT molecular complexity index is 235. The van der Waals surface area contributed by atoms with Crippen LogP contribution in [0, 0.1) is 11.6 Å². The molecular weight excluding hydrogens is 140 g/mol. The van der Waals surface area contributed by atoms with Crippen LogP contribution in [0.5, 0.6) is 5.75 Å². The summed E-state index contributed by atoms with van der Waals surface area (Å²) in [4.78, 5) is 0. The Hall–Kier alpha value is -1.32. The standard InChI is InChI=1S/C6H5F2NO/c7-3-1-2-4(10)5(8)6(3)9/h1-2,10H,9H2. The van der Waals surface area contributed by atoms with Gasteiger partial charge in [0.15, 0.2) is 11.6 Å². The Kier molecular flexibility index (Phi) is 1.45. The van der Waals surface area contributed by atoms with Crippen LogP contribution in [0.4, 0.5) is 14.5 Å². The Morgan fingerprint density at radius 1 is 1.30 bits per heavy atom. The number of anilines is 1. The summed E-state index contributed by atoms with van der Waals surface area (Å²) in [6.45, 7) is 0. The topological polar surface area (TPSA) is 46.2 Å². The number of phenolic OH excluding ortho intramolecular Hbond substituents is 1. The molecule has 0 unspecified atom stereocenters. The molecule has 0 aliphatic heterocycles. The lowest BCUT2D eigenvalue weighted by atomic mass is 10.3. The van der Waals surface area contributed by atoms with Crippen molar-refractivity contribution >= 4 is 5.69 Å². The highest BCUT2D eigenvalue weighted by Crippen LogP contribution is 2.22. The predicted octanol–water partition coefficient (Wildman–Crippen LogP) is 1.25. The molecule has 0 fully saturated rings. The molecule has 0 amide bonds. The molecule has 3 N–H and O–H groups in total. The summed E-state index contributed by atoms with van der Waals surface area (Å²) in [6.07, 6.45) is 0. The number of phenols is 1. The molecule has 2 nitrogen and oxygen atoms in total. The zero-order chi connectivity index (χ0) is 7.72. The molecule has 1 rings (SSSR count). The highest BCUT2D eigenvalue weighted by Gasteiger charge is 2.08. The number of halogens is 2. The Morgan fingerprint density at radius 2 is 1.90 bits per heavy atom. The molecule has 0 saturated heterocycles. The van der Waals surface area contributed by atoms with E-state index in [0.29, 0.717) is 0 Å². The second kappa shape index (κ2) is 2.13. The maximum absolute atomic E-state index is 12.4. The molecule has 0 spiro atoms. The van der Waals surface area contributed by atoms with E-state index in [-0.39, 0.29) is 0 Å². The van der Waals surface area contributed by atoms with Gasteiger partial charge in [0.1, 0.15) is 11.5 Å². The Balaban J connectivity index is 3.34. The average Bonchev–Trinajstić information content (AvgIpc) is 1.93. The number of rotatable bonds is 0. The molecule has 1 aromatic carbocycles. The van der Waals surface area contributed by atoms with Crippen molar-refractivity contribution in [3.63, 3.8) is 0 Å². The zero-order valence-corrected chi connectivity index (χ0v) is 4.94. The van der Waals surface area contributed by atoms with Gasteiger partial charge < -0.3 is 10.8 Å². The monoisotopic (exact) mass is 145 g/mol. The second-order valence-corrected chi connectivity index (χ2v) is 1.79. The third kappa shape index (κ3) is 0.877. The molecule has 0 aromatic heterocycles. The van der Waals surface area contributed by atoms with Crippen molar-refractivity contribution in [3.05, 3.63) is 23.8 Å². The zero-order valence-electron chi connectivity index (χ0n) is 4.94. The van der Waals surface area contributed by atoms with Crippen LogP contribution < -0.4 is 5.73 Å². The first kappa shape index (κ1) is 6.80. The van der Waals surface area contributed by atoms with Gasteiger partial charge in [-0.1, -0.05) is 0 Å². The van der Waals surface area contributed by atoms with Crippen LogP contribution in [0.25, 0.3) is 0 Å². The molecule has 1 aromatic rings. The molecule has 54 valence electrons. The first-order valence-corrected chi connectivity index (χ1v) is 2.55. The van der Waals surface area contributed by atoms with Crippen LogP contribution >= 0.6 is 0 Å². The van der Waals surface area contributed by atoms with Crippen molar-refractivity contribution in [1.29, 1.82) is 0 Å². The van der Waals surface area contributed by atoms with Crippen molar-refractivity contribution in [2.75, 3.05) is 5.73 Å². The van der Waals surface area contributed by atoms with Crippen LogP contribution in [0.2, 0.25) is 0 Å². The number of benzene rings is 1. The molecule has 0 atom stereocenters. The van der Waals surface area contributed by atoms with E-state index in [4.69, 9.17) is 10.8 Å². The van der Waals surface area contributed by atoms with Gasteiger partial charge in [-0.05, 0) is 12.1 Å². The summed E-state index contributed by atoms with van der Waals surface area (Å²) in [7, 11) is 0. The van der Waals surface area contributed by atoms with Crippen molar-refractivity contribution in [1.82, 2.24) is 0 Å². The lowest BCUT2D eigenvalue weighted by Gasteiger charge is -1.98. The van der Waals surface area contributed by atoms with Gasteiger partial charge in [-0.3, -0.25) is 0 Å². The SMILES string of the molecule is Nc1c(F)ccc(O)c1F. The quantitative estimate of drug-likeness (QED) is 0.539. The fraction of sp³-hybridized carbons (Fsp3) is 0. The van der Waals surface area contributed by atoms with Gasteiger partial charge in [0.05, 0.1) is 0 Å². The summed E-state index contributed by atoms with van der Waals surface area (Å²) in [5, 5.41) is 8.60.